The predicted molar refractivity (Wildman–Crippen MR) is 107 cm³/mol. The number of para-hydroxylation sites is 1. The summed E-state index contributed by atoms with van der Waals surface area (Å²) in [4.78, 5) is 16.1. The molecule has 1 heterocycles. The van der Waals surface area contributed by atoms with Crippen LogP contribution in [0.15, 0.2) is 54.6 Å². The molecule has 0 aliphatic carbocycles. The number of hydrogen-bond donors (Lipinski definition) is 2. The molecule has 3 aromatic rings. The van der Waals surface area contributed by atoms with E-state index in [0.29, 0.717) is 11.5 Å². The zero-order valence-corrected chi connectivity index (χ0v) is 15.5. The maximum Gasteiger partial charge on any atom is 0.248 e. The zero-order valence-electron chi connectivity index (χ0n) is 15.5. The number of amides is 1. The quantitative estimate of drug-likeness (QED) is 0.670. The number of carbonyl (C=O) groups is 1. The van der Waals surface area contributed by atoms with Crippen LogP contribution in [0.25, 0.3) is 10.9 Å². The Morgan fingerprint density at radius 3 is 2.46 bits per heavy atom. The number of fused-ring (bicyclic) bond motifs is 1. The molecule has 0 saturated carbocycles. The molecule has 4 nitrogen and oxygen atoms in total. The molecule has 26 heavy (non-hydrogen) atoms. The smallest absolute Gasteiger partial charge is 0.248 e. The van der Waals surface area contributed by atoms with Crippen molar-refractivity contribution in [3.8, 4) is 0 Å². The number of hydrogen-bond acceptors (Lipinski definition) is 3. The highest BCUT2D eigenvalue weighted by Gasteiger charge is 2.16. The molecule has 3 rings (SSSR count). The van der Waals surface area contributed by atoms with E-state index in [4.69, 9.17) is 10.7 Å². The van der Waals surface area contributed by atoms with E-state index < -0.39 is 5.91 Å². The Kier molecular flexibility index (Phi) is 5.21. The lowest BCUT2D eigenvalue weighted by Gasteiger charge is -2.23. The first-order chi connectivity index (χ1) is 12.4. The summed E-state index contributed by atoms with van der Waals surface area (Å²) in [6, 6.07) is 17.9. The van der Waals surface area contributed by atoms with Gasteiger partial charge in [-0.2, -0.15) is 0 Å². The minimum atomic E-state index is -0.406. The van der Waals surface area contributed by atoms with Crippen molar-refractivity contribution in [3.63, 3.8) is 0 Å². The second-order valence-electron chi connectivity index (χ2n) is 7.16. The second-order valence-corrected chi connectivity index (χ2v) is 7.16. The summed E-state index contributed by atoms with van der Waals surface area (Å²) >= 11 is 0. The number of aromatic nitrogens is 1. The fraction of sp³-hybridized carbons (Fsp3) is 0.273. The molecule has 2 aromatic carbocycles. The topological polar surface area (TPSA) is 68.0 Å². The van der Waals surface area contributed by atoms with Crippen molar-refractivity contribution in [3.05, 3.63) is 71.3 Å². The first kappa shape index (κ1) is 17.9. The fourth-order valence-electron chi connectivity index (χ4n) is 3.16. The maximum atomic E-state index is 11.3. The van der Waals surface area contributed by atoms with Gasteiger partial charge in [0, 0.05) is 10.9 Å². The van der Waals surface area contributed by atoms with Gasteiger partial charge in [0.05, 0.1) is 11.6 Å². The predicted octanol–water partition coefficient (Wildman–Crippen LogP) is 4.84. The molecule has 0 radical (unpaired) electrons. The number of anilines is 1. The van der Waals surface area contributed by atoms with Gasteiger partial charge >= 0.3 is 0 Å². The van der Waals surface area contributed by atoms with Gasteiger partial charge in [-0.15, -0.1) is 0 Å². The summed E-state index contributed by atoms with van der Waals surface area (Å²) < 4.78 is 0. The first-order valence-corrected chi connectivity index (χ1v) is 8.96. The third-order valence-corrected chi connectivity index (χ3v) is 4.53. The van der Waals surface area contributed by atoms with Crippen LogP contribution in [0.5, 0.6) is 0 Å². The van der Waals surface area contributed by atoms with Gasteiger partial charge in [0.1, 0.15) is 5.82 Å². The van der Waals surface area contributed by atoms with E-state index in [1.165, 1.54) is 0 Å². The van der Waals surface area contributed by atoms with Crippen LogP contribution >= 0.6 is 0 Å². The van der Waals surface area contributed by atoms with Crippen LogP contribution in [0.3, 0.4) is 0 Å². The van der Waals surface area contributed by atoms with E-state index in [1.54, 1.807) is 12.1 Å². The van der Waals surface area contributed by atoms with Crippen molar-refractivity contribution < 1.29 is 4.79 Å². The van der Waals surface area contributed by atoms with Crippen LogP contribution in [-0.4, -0.2) is 10.9 Å². The second kappa shape index (κ2) is 7.56. The number of nitrogens with one attached hydrogen (secondary N) is 1. The number of rotatable bonds is 6. The minimum Gasteiger partial charge on any atom is -0.366 e. The Hall–Kier alpha value is -2.88. The SMILES string of the molecule is Cc1cc2ccccc2nc1NC(CC(C)C)c1ccc(C(N)=O)cc1. The molecule has 0 fully saturated rings. The summed E-state index contributed by atoms with van der Waals surface area (Å²) in [6.07, 6.45) is 0.962. The third-order valence-electron chi connectivity index (χ3n) is 4.53. The van der Waals surface area contributed by atoms with E-state index in [-0.39, 0.29) is 6.04 Å². The molecular weight excluding hydrogens is 322 g/mol. The summed E-state index contributed by atoms with van der Waals surface area (Å²) in [5.74, 6) is 1.01. The van der Waals surface area contributed by atoms with Gasteiger partial charge < -0.3 is 11.1 Å². The molecule has 4 heteroatoms. The number of aryl methyl sites for hydroxylation is 1. The van der Waals surface area contributed by atoms with Gasteiger partial charge in [0.15, 0.2) is 0 Å². The maximum absolute atomic E-state index is 11.3. The van der Waals surface area contributed by atoms with Crippen molar-refractivity contribution in [2.75, 3.05) is 5.32 Å². The Labute approximate surface area is 154 Å². The molecule has 3 N–H and O–H groups in total. The highest BCUT2D eigenvalue weighted by molar-refractivity contribution is 5.92. The monoisotopic (exact) mass is 347 g/mol. The highest BCUT2D eigenvalue weighted by Crippen LogP contribution is 2.28. The summed E-state index contributed by atoms with van der Waals surface area (Å²) in [5, 5.41) is 4.75. The lowest BCUT2D eigenvalue weighted by molar-refractivity contribution is 0.100. The number of pyridine rings is 1. The fourth-order valence-corrected chi connectivity index (χ4v) is 3.16. The van der Waals surface area contributed by atoms with Gasteiger partial charge in [-0.1, -0.05) is 44.2 Å². The molecule has 1 atom stereocenters. The van der Waals surface area contributed by atoms with E-state index in [9.17, 15) is 4.79 Å². The minimum absolute atomic E-state index is 0.115. The molecule has 134 valence electrons. The number of nitrogens with two attached hydrogens (primary N) is 1. The molecule has 1 aromatic heterocycles. The lowest BCUT2D eigenvalue weighted by Crippen LogP contribution is -2.16. The lowest BCUT2D eigenvalue weighted by atomic mass is 9.96. The number of nitrogens with zero attached hydrogens (tertiary/aromatic N) is 1. The molecule has 0 saturated heterocycles. The average Bonchev–Trinajstić information content (AvgIpc) is 2.61. The zero-order chi connectivity index (χ0) is 18.7. The average molecular weight is 347 g/mol. The van der Waals surface area contributed by atoms with Crippen LogP contribution in [0, 0.1) is 12.8 Å². The van der Waals surface area contributed by atoms with Crippen molar-refractivity contribution >= 4 is 22.6 Å². The van der Waals surface area contributed by atoms with Gasteiger partial charge in [0.2, 0.25) is 5.91 Å². The van der Waals surface area contributed by atoms with Crippen LogP contribution in [-0.2, 0) is 0 Å². The van der Waals surface area contributed by atoms with Crippen LogP contribution in [0.4, 0.5) is 5.82 Å². The largest absolute Gasteiger partial charge is 0.366 e. The summed E-state index contributed by atoms with van der Waals surface area (Å²) in [5.41, 5.74) is 9.10. The molecule has 1 amide bonds. The van der Waals surface area contributed by atoms with Gasteiger partial charge in [-0.05, 0) is 54.7 Å². The Morgan fingerprint density at radius 1 is 1.12 bits per heavy atom. The Balaban J connectivity index is 1.93. The number of carbonyl (C=O) groups excluding carboxylic acids is 1. The Morgan fingerprint density at radius 2 is 1.81 bits per heavy atom. The first-order valence-electron chi connectivity index (χ1n) is 8.96. The van der Waals surface area contributed by atoms with E-state index in [0.717, 1.165) is 34.3 Å². The van der Waals surface area contributed by atoms with Crippen LogP contribution in [0.1, 0.15) is 47.8 Å². The normalized spacial score (nSPS) is 12.3. The van der Waals surface area contributed by atoms with Gasteiger partial charge in [0.25, 0.3) is 0 Å². The highest BCUT2D eigenvalue weighted by atomic mass is 16.1. The molecule has 0 aliphatic rings. The standard InChI is InChI=1S/C22H25N3O/c1-14(2)12-20(16-8-10-17(11-9-16)21(23)26)25-22-15(3)13-18-6-4-5-7-19(18)24-22/h4-11,13-14,20H,12H2,1-3H3,(H2,23,26)(H,24,25). The van der Waals surface area contributed by atoms with Crippen LogP contribution in [0.2, 0.25) is 0 Å². The Bertz CT molecular complexity index is 916. The van der Waals surface area contributed by atoms with Gasteiger partial charge in [-0.25, -0.2) is 4.98 Å². The van der Waals surface area contributed by atoms with E-state index >= 15 is 0 Å². The van der Waals surface area contributed by atoms with Crippen molar-refractivity contribution in [2.45, 2.75) is 33.2 Å². The van der Waals surface area contributed by atoms with Crippen molar-refractivity contribution in [1.29, 1.82) is 0 Å². The summed E-state index contributed by atoms with van der Waals surface area (Å²) in [7, 11) is 0. The molecule has 0 bridgehead atoms. The summed E-state index contributed by atoms with van der Waals surface area (Å²) in [6.45, 7) is 6.48. The molecule has 0 spiro atoms. The number of primary amides is 1. The van der Waals surface area contributed by atoms with E-state index in [1.807, 2.05) is 30.3 Å². The van der Waals surface area contributed by atoms with Crippen molar-refractivity contribution in [1.82, 2.24) is 4.98 Å². The van der Waals surface area contributed by atoms with Gasteiger partial charge in [-0.3, -0.25) is 4.79 Å². The molecule has 0 aliphatic heterocycles. The van der Waals surface area contributed by atoms with E-state index in [2.05, 4.69) is 38.2 Å². The molecular formula is C22H25N3O. The third kappa shape index (κ3) is 4.02. The number of benzene rings is 2. The van der Waals surface area contributed by atoms with Crippen LogP contribution < -0.4 is 11.1 Å². The molecule has 1 unspecified atom stereocenters. The van der Waals surface area contributed by atoms with Crippen molar-refractivity contribution in [2.24, 2.45) is 11.7 Å².